The largest absolute Gasteiger partial charge is 0.326 e. The summed E-state index contributed by atoms with van der Waals surface area (Å²) in [5, 5.41) is 0. The fourth-order valence-corrected chi connectivity index (χ4v) is 3.25. The maximum Gasteiger partial charge on any atom is 0.0595 e. The Balaban J connectivity index is 3.06. The van der Waals surface area contributed by atoms with Crippen LogP contribution in [-0.2, 0) is 0 Å². The second kappa shape index (κ2) is 6.18. The van der Waals surface area contributed by atoms with Gasteiger partial charge >= 0.3 is 0 Å². The summed E-state index contributed by atoms with van der Waals surface area (Å²) < 4.78 is 0. The van der Waals surface area contributed by atoms with Crippen LogP contribution in [0.2, 0.25) is 0 Å². The van der Waals surface area contributed by atoms with Crippen LogP contribution >= 0.6 is 11.3 Å². The van der Waals surface area contributed by atoms with E-state index in [1.165, 1.54) is 9.75 Å². The van der Waals surface area contributed by atoms with E-state index in [1.54, 1.807) is 0 Å². The maximum absolute atomic E-state index is 6.38. The molecule has 0 saturated carbocycles. The first-order valence-corrected chi connectivity index (χ1v) is 7.70. The van der Waals surface area contributed by atoms with Gasteiger partial charge in [0.25, 0.3) is 0 Å². The summed E-state index contributed by atoms with van der Waals surface area (Å²) in [6.45, 7) is 11.2. The highest BCUT2D eigenvalue weighted by atomic mass is 32.1. The number of nitrogens with zero attached hydrogens (tertiary/aromatic N) is 1. The molecule has 0 aliphatic rings. The summed E-state index contributed by atoms with van der Waals surface area (Å²) in [6, 6.07) is 4.95. The number of aryl methyl sites for hydroxylation is 1. The molecule has 0 radical (unpaired) electrons. The van der Waals surface area contributed by atoms with E-state index in [9.17, 15) is 0 Å². The first-order chi connectivity index (χ1) is 8.33. The van der Waals surface area contributed by atoms with Gasteiger partial charge in [-0.05, 0) is 52.8 Å². The lowest BCUT2D eigenvalue weighted by Crippen LogP contribution is -2.48. The molecule has 3 heteroatoms. The Hall–Kier alpha value is -0.380. The molecule has 0 aliphatic carbocycles. The Morgan fingerprint density at radius 2 is 1.94 bits per heavy atom. The van der Waals surface area contributed by atoms with Crippen molar-refractivity contribution in [1.29, 1.82) is 0 Å². The predicted molar refractivity (Wildman–Crippen MR) is 82.2 cm³/mol. The molecule has 0 spiro atoms. The summed E-state index contributed by atoms with van der Waals surface area (Å²) in [5.74, 6) is 0. The zero-order valence-corrected chi connectivity index (χ0v) is 13.5. The standard InChI is InChI=1S/C15H28N2S/c1-7-12(16)14(13-10-9-11(3)18-13)17(6)15(4,5)8-2/h9-10,12,14H,7-8,16H2,1-6H3. The van der Waals surface area contributed by atoms with Crippen molar-refractivity contribution in [2.75, 3.05) is 7.05 Å². The third-order valence-corrected chi connectivity index (χ3v) is 5.24. The van der Waals surface area contributed by atoms with Crippen molar-refractivity contribution in [2.24, 2.45) is 5.73 Å². The minimum Gasteiger partial charge on any atom is -0.326 e. The van der Waals surface area contributed by atoms with Gasteiger partial charge in [0, 0.05) is 21.3 Å². The van der Waals surface area contributed by atoms with E-state index in [-0.39, 0.29) is 11.6 Å². The predicted octanol–water partition coefficient (Wildman–Crippen LogP) is 3.96. The Kier molecular flexibility index (Phi) is 5.38. The smallest absolute Gasteiger partial charge is 0.0595 e. The molecule has 0 aliphatic heterocycles. The van der Waals surface area contributed by atoms with Crippen molar-refractivity contribution in [1.82, 2.24) is 4.90 Å². The van der Waals surface area contributed by atoms with Crippen molar-refractivity contribution < 1.29 is 0 Å². The molecule has 0 aromatic carbocycles. The highest BCUT2D eigenvalue weighted by Gasteiger charge is 2.32. The monoisotopic (exact) mass is 268 g/mol. The van der Waals surface area contributed by atoms with Crippen LogP contribution in [0.15, 0.2) is 12.1 Å². The van der Waals surface area contributed by atoms with Gasteiger partial charge < -0.3 is 5.73 Å². The van der Waals surface area contributed by atoms with Crippen LogP contribution in [0.25, 0.3) is 0 Å². The van der Waals surface area contributed by atoms with E-state index in [0.29, 0.717) is 6.04 Å². The highest BCUT2D eigenvalue weighted by Crippen LogP contribution is 2.34. The molecule has 0 saturated heterocycles. The SMILES string of the molecule is CCC(N)C(c1ccc(C)s1)N(C)C(C)(C)CC. The number of nitrogens with two attached hydrogens (primary N) is 1. The number of hydrogen-bond acceptors (Lipinski definition) is 3. The molecule has 1 aromatic rings. The molecule has 104 valence electrons. The maximum atomic E-state index is 6.38. The fourth-order valence-electron chi connectivity index (χ4n) is 2.15. The number of likely N-dealkylation sites (N-methyl/N-ethyl adjacent to an activating group) is 1. The fraction of sp³-hybridized carbons (Fsp3) is 0.733. The molecule has 2 nitrogen and oxygen atoms in total. The van der Waals surface area contributed by atoms with Gasteiger partial charge in [0.05, 0.1) is 6.04 Å². The zero-order valence-electron chi connectivity index (χ0n) is 12.7. The van der Waals surface area contributed by atoms with Gasteiger partial charge in [0.2, 0.25) is 0 Å². The molecule has 1 heterocycles. The van der Waals surface area contributed by atoms with Crippen LogP contribution in [0.4, 0.5) is 0 Å². The second-order valence-corrected chi connectivity index (χ2v) is 7.06. The molecule has 0 fully saturated rings. The van der Waals surface area contributed by atoms with Gasteiger partial charge in [-0.1, -0.05) is 13.8 Å². The Morgan fingerprint density at radius 1 is 1.33 bits per heavy atom. The van der Waals surface area contributed by atoms with Gasteiger partial charge in [-0.25, -0.2) is 0 Å². The first-order valence-electron chi connectivity index (χ1n) is 6.88. The van der Waals surface area contributed by atoms with Crippen molar-refractivity contribution in [3.63, 3.8) is 0 Å². The molecule has 0 amide bonds. The molecular weight excluding hydrogens is 240 g/mol. The van der Waals surface area contributed by atoms with Crippen LogP contribution in [0.1, 0.15) is 56.3 Å². The minimum atomic E-state index is 0.176. The molecule has 1 aromatic heterocycles. The third kappa shape index (κ3) is 3.34. The van der Waals surface area contributed by atoms with E-state index in [4.69, 9.17) is 5.73 Å². The average Bonchev–Trinajstić information content (AvgIpc) is 2.75. The number of thiophene rings is 1. The minimum absolute atomic E-state index is 0.176. The lowest BCUT2D eigenvalue weighted by atomic mass is 9.93. The van der Waals surface area contributed by atoms with Crippen LogP contribution in [0.3, 0.4) is 0 Å². The summed E-state index contributed by atoms with van der Waals surface area (Å²) in [6.07, 6.45) is 2.13. The number of hydrogen-bond donors (Lipinski definition) is 1. The van der Waals surface area contributed by atoms with Crippen LogP contribution in [0.5, 0.6) is 0 Å². The molecule has 0 bridgehead atoms. The zero-order chi connectivity index (χ0) is 13.9. The lowest BCUT2D eigenvalue weighted by molar-refractivity contribution is 0.0825. The van der Waals surface area contributed by atoms with Gasteiger partial charge in [-0.2, -0.15) is 0 Å². The third-order valence-electron chi connectivity index (χ3n) is 4.17. The molecule has 2 N–H and O–H groups in total. The first kappa shape index (κ1) is 15.7. The quantitative estimate of drug-likeness (QED) is 0.846. The molecule has 2 atom stereocenters. The van der Waals surface area contributed by atoms with Crippen molar-refractivity contribution in [2.45, 2.75) is 65.1 Å². The normalized spacial score (nSPS) is 16.0. The Labute approximate surface area is 116 Å². The highest BCUT2D eigenvalue weighted by molar-refractivity contribution is 7.12. The van der Waals surface area contributed by atoms with Crippen LogP contribution < -0.4 is 5.73 Å². The molecule has 1 rings (SSSR count). The van der Waals surface area contributed by atoms with Crippen molar-refractivity contribution in [3.8, 4) is 0 Å². The second-order valence-electron chi connectivity index (χ2n) is 5.74. The molecular formula is C15H28N2S. The van der Waals surface area contributed by atoms with E-state index >= 15 is 0 Å². The summed E-state index contributed by atoms with van der Waals surface area (Å²) in [7, 11) is 2.21. The summed E-state index contributed by atoms with van der Waals surface area (Å²) >= 11 is 1.87. The molecule has 18 heavy (non-hydrogen) atoms. The Morgan fingerprint density at radius 3 is 2.33 bits per heavy atom. The molecule has 2 unspecified atom stereocenters. The summed E-state index contributed by atoms with van der Waals surface area (Å²) in [4.78, 5) is 5.21. The van der Waals surface area contributed by atoms with Gasteiger partial charge in [0.15, 0.2) is 0 Å². The lowest BCUT2D eigenvalue weighted by Gasteiger charge is -2.42. The van der Waals surface area contributed by atoms with E-state index in [0.717, 1.165) is 12.8 Å². The van der Waals surface area contributed by atoms with Crippen LogP contribution in [-0.4, -0.2) is 23.5 Å². The van der Waals surface area contributed by atoms with E-state index in [2.05, 4.69) is 58.7 Å². The Bertz CT molecular complexity index is 370. The average molecular weight is 268 g/mol. The van der Waals surface area contributed by atoms with E-state index < -0.39 is 0 Å². The van der Waals surface area contributed by atoms with Gasteiger partial charge in [-0.3, -0.25) is 4.90 Å². The van der Waals surface area contributed by atoms with Crippen molar-refractivity contribution in [3.05, 3.63) is 21.9 Å². The van der Waals surface area contributed by atoms with Crippen molar-refractivity contribution >= 4 is 11.3 Å². The van der Waals surface area contributed by atoms with Gasteiger partial charge in [-0.15, -0.1) is 11.3 Å². The topological polar surface area (TPSA) is 29.3 Å². The number of rotatable bonds is 6. The van der Waals surface area contributed by atoms with Crippen LogP contribution in [0, 0.1) is 6.92 Å². The van der Waals surface area contributed by atoms with Gasteiger partial charge in [0.1, 0.15) is 0 Å². The van der Waals surface area contributed by atoms with E-state index in [1.807, 2.05) is 11.3 Å². The summed E-state index contributed by atoms with van der Waals surface area (Å²) in [5.41, 5.74) is 6.55.